The minimum Gasteiger partial charge on any atom is -0.399 e. The number of nitrogens with two attached hydrogens (primary N) is 10. The molecule has 0 amide bonds. The van der Waals surface area contributed by atoms with Crippen LogP contribution in [0.3, 0.4) is 0 Å². The molecular formula is C77H132N10. The summed E-state index contributed by atoms with van der Waals surface area (Å²) in [5.41, 5.74) is 61.3. The summed E-state index contributed by atoms with van der Waals surface area (Å²) in [5.74, 6) is 10.5. The van der Waals surface area contributed by atoms with Gasteiger partial charge in [-0.1, -0.05) is 186 Å². The number of rotatable bonds is 4. The maximum Gasteiger partial charge on any atom is 0.0393 e. The molecule has 490 valence electrons. The maximum absolute atomic E-state index is 5.76. The van der Waals surface area contributed by atoms with Gasteiger partial charge in [0.15, 0.2) is 0 Å². The fraction of sp³-hybridized carbons (Fsp3) is 0.662. The molecule has 8 aliphatic rings. The number of fused-ring (bicyclic) bond motifs is 3. The highest BCUT2D eigenvalue weighted by atomic mass is 14.7. The molecule has 7 fully saturated rings. The average Bonchev–Trinajstić information content (AvgIpc) is 3.68. The highest BCUT2D eigenvalue weighted by Gasteiger charge is 2.27. The van der Waals surface area contributed by atoms with Gasteiger partial charge in [0, 0.05) is 40.6 Å². The molecule has 20 N–H and O–H groups in total. The molecule has 0 heterocycles. The van der Waals surface area contributed by atoms with E-state index in [4.69, 9.17) is 57.3 Å². The lowest BCUT2D eigenvalue weighted by molar-refractivity contribution is 0.186. The van der Waals surface area contributed by atoms with Crippen molar-refractivity contribution in [2.45, 2.75) is 228 Å². The Hall–Kier alpha value is -4.26. The molecule has 7 saturated carbocycles. The third kappa shape index (κ3) is 29.9. The second kappa shape index (κ2) is 41.9. The van der Waals surface area contributed by atoms with Crippen molar-refractivity contribution in [3.8, 4) is 0 Å². The summed E-state index contributed by atoms with van der Waals surface area (Å²) in [6, 6.07) is 36.1. The van der Waals surface area contributed by atoms with Crippen LogP contribution in [0.5, 0.6) is 0 Å². The largest absolute Gasteiger partial charge is 0.399 e. The van der Waals surface area contributed by atoms with Gasteiger partial charge in [0.1, 0.15) is 0 Å². The highest BCUT2D eigenvalue weighted by Crippen LogP contribution is 2.36. The Morgan fingerprint density at radius 2 is 0.862 bits per heavy atom. The van der Waals surface area contributed by atoms with E-state index in [-0.39, 0.29) is 0 Å². The SMILES string of the molecule is CC1CC(C)CC(CN)C1.CC1CCC(C)C(CN)C1.CC1CCC(CN)CC1C.CC1CCCC(C)C1CN.NC1CC1.NC1CCC1.NC1CCCC1.Nc1ccc2c(c1)CCC2.Nc1ccc2ccccc2c1.Nc1cccc2ccccc12. The van der Waals surface area contributed by atoms with Crippen LogP contribution in [-0.2, 0) is 12.8 Å². The molecule has 5 aromatic carbocycles. The minimum atomic E-state index is 0.546. The molecule has 10 unspecified atom stereocenters. The molecule has 13 rings (SSSR count). The first-order chi connectivity index (χ1) is 41.7. The van der Waals surface area contributed by atoms with Crippen LogP contribution >= 0.6 is 0 Å². The van der Waals surface area contributed by atoms with Gasteiger partial charge in [-0.15, -0.1) is 0 Å². The van der Waals surface area contributed by atoms with Crippen LogP contribution < -0.4 is 57.3 Å². The van der Waals surface area contributed by atoms with Gasteiger partial charge in [-0.3, -0.25) is 0 Å². The van der Waals surface area contributed by atoms with E-state index in [1.54, 1.807) is 0 Å². The Morgan fingerprint density at radius 1 is 0.345 bits per heavy atom. The van der Waals surface area contributed by atoms with Crippen LogP contribution in [0.15, 0.2) is 103 Å². The molecule has 10 heteroatoms. The molecule has 0 aliphatic heterocycles. The normalized spacial score (nSPS) is 27.9. The fourth-order valence-corrected chi connectivity index (χ4v) is 13.9. The van der Waals surface area contributed by atoms with Gasteiger partial charge < -0.3 is 57.3 Å². The number of hydrogen-bond donors (Lipinski definition) is 10. The third-order valence-corrected chi connectivity index (χ3v) is 20.5. The number of hydrogen-bond acceptors (Lipinski definition) is 10. The lowest BCUT2D eigenvalue weighted by Gasteiger charge is -2.33. The predicted octanol–water partition coefficient (Wildman–Crippen LogP) is 16.2. The first-order valence-corrected chi connectivity index (χ1v) is 35.1. The zero-order valence-corrected chi connectivity index (χ0v) is 56.5. The molecule has 8 aliphatic carbocycles. The summed E-state index contributed by atoms with van der Waals surface area (Å²) in [4.78, 5) is 0. The molecule has 5 aromatic rings. The second-order valence-electron chi connectivity index (χ2n) is 28.7. The first kappa shape index (κ1) is 75.2. The third-order valence-electron chi connectivity index (χ3n) is 20.5. The fourth-order valence-electron chi connectivity index (χ4n) is 13.9. The van der Waals surface area contributed by atoms with E-state index in [0.717, 1.165) is 120 Å². The van der Waals surface area contributed by atoms with Crippen LogP contribution in [0.1, 0.15) is 208 Å². The predicted molar refractivity (Wildman–Crippen MR) is 384 cm³/mol. The Bertz CT molecular complexity index is 2520. The van der Waals surface area contributed by atoms with Gasteiger partial charge >= 0.3 is 0 Å². The zero-order valence-electron chi connectivity index (χ0n) is 56.5. The van der Waals surface area contributed by atoms with Gasteiger partial charge in [0.2, 0.25) is 0 Å². The van der Waals surface area contributed by atoms with Crippen LogP contribution in [0.4, 0.5) is 17.1 Å². The molecular weight excluding hydrogens is 1060 g/mol. The lowest BCUT2D eigenvalue weighted by atomic mass is 9.74. The van der Waals surface area contributed by atoms with Crippen LogP contribution in [0.25, 0.3) is 21.5 Å². The van der Waals surface area contributed by atoms with E-state index in [0.29, 0.717) is 18.1 Å². The van der Waals surface area contributed by atoms with E-state index in [1.165, 1.54) is 181 Å². The van der Waals surface area contributed by atoms with Crippen molar-refractivity contribution >= 4 is 38.6 Å². The quantitative estimate of drug-likeness (QED) is 0.0761. The molecule has 87 heavy (non-hydrogen) atoms. The highest BCUT2D eigenvalue weighted by molar-refractivity contribution is 5.92. The van der Waals surface area contributed by atoms with Crippen molar-refractivity contribution in [3.05, 3.63) is 114 Å². The number of aryl methyl sites for hydroxylation is 2. The summed E-state index contributed by atoms with van der Waals surface area (Å²) in [5, 5.41) is 4.77. The lowest BCUT2D eigenvalue weighted by Crippen LogP contribution is -2.31. The van der Waals surface area contributed by atoms with Gasteiger partial charge in [-0.05, 0) is 251 Å². The average molecular weight is 1200 g/mol. The van der Waals surface area contributed by atoms with Crippen molar-refractivity contribution in [2.75, 3.05) is 43.4 Å². The van der Waals surface area contributed by atoms with Crippen molar-refractivity contribution in [2.24, 2.45) is 111 Å². The number of nitrogen functional groups attached to an aromatic ring is 3. The van der Waals surface area contributed by atoms with Crippen LogP contribution in [-0.4, -0.2) is 44.3 Å². The Kier molecular flexibility index (Phi) is 36.2. The van der Waals surface area contributed by atoms with Gasteiger partial charge in [-0.2, -0.15) is 0 Å². The molecule has 0 aromatic heterocycles. The van der Waals surface area contributed by atoms with Crippen molar-refractivity contribution < 1.29 is 0 Å². The molecule has 0 spiro atoms. The Labute approximate surface area is 532 Å². The van der Waals surface area contributed by atoms with Gasteiger partial charge in [-0.25, -0.2) is 0 Å². The topological polar surface area (TPSA) is 260 Å². The molecule has 0 radical (unpaired) electrons. The second-order valence-corrected chi connectivity index (χ2v) is 28.7. The summed E-state index contributed by atoms with van der Waals surface area (Å²) in [6.45, 7) is 22.3. The molecule has 10 nitrogen and oxygen atoms in total. The summed E-state index contributed by atoms with van der Waals surface area (Å²) in [6.07, 6.45) is 32.1. The summed E-state index contributed by atoms with van der Waals surface area (Å²) >= 11 is 0. The standard InChI is InChI=1S/2C10H9N.C9H11N.4C9H19N.C5H11N.C4H9N.C3H7N/c11-10-7-3-5-8-4-1-2-6-9(8)10;11-10-6-5-8-3-1-2-4-9(8)7-10;10-9-5-4-7-2-1-3-8(7)6-9;1-7-3-8(2)5-9(4-7)6-10;1-7-3-4-9(6-10)5-8(7)2;1-7-3-4-8(2)9(5-7)6-10;1-7-4-3-5-8(2)9(7)6-10;6-5-3-1-2-4-5;5-4-2-1-3-4;4-3-1-2-3/h2*1-7H,11H2;4-6H,1-3,10H2;4*7-9H,3-6,10H2,1-2H3;5H,1-4,6H2;4H,1-3,5H2;3H,1-2,4H2. The molecule has 0 saturated heterocycles. The smallest absolute Gasteiger partial charge is 0.0393 e. The van der Waals surface area contributed by atoms with Gasteiger partial charge in [0.05, 0.1) is 0 Å². The van der Waals surface area contributed by atoms with Crippen molar-refractivity contribution in [1.82, 2.24) is 0 Å². The van der Waals surface area contributed by atoms with Gasteiger partial charge in [0.25, 0.3) is 0 Å². The van der Waals surface area contributed by atoms with Crippen molar-refractivity contribution in [3.63, 3.8) is 0 Å². The summed E-state index contributed by atoms with van der Waals surface area (Å²) < 4.78 is 0. The van der Waals surface area contributed by atoms with Crippen LogP contribution in [0, 0.1) is 71.0 Å². The number of anilines is 3. The zero-order chi connectivity index (χ0) is 63.7. The molecule has 0 bridgehead atoms. The van der Waals surface area contributed by atoms with E-state index in [1.807, 2.05) is 66.7 Å². The number of benzene rings is 5. The monoisotopic (exact) mass is 1200 g/mol. The van der Waals surface area contributed by atoms with Crippen molar-refractivity contribution in [1.29, 1.82) is 0 Å². The minimum absolute atomic E-state index is 0.546. The van der Waals surface area contributed by atoms with Crippen LogP contribution in [0.2, 0.25) is 0 Å². The van der Waals surface area contributed by atoms with E-state index in [2.05, 4.69) is 91.8 Å². The Morgan fingerprint density at radius 3 is 1.37 bits per heavy atom. The maximum atomic E-state index is 5.76. The van der Waals surface area contributed by atoms with E-state index >= 15 is 0 Å². The first-order valence-electron chi connectivity index (χ1n) is 35.1. The molecule has 10 atom stereocenters. The summed E-state index contributed by atoms with van der Waals surface area (Å²) in [7, 11) is 0. The van der Waals surface area contributed by atoms with E-state index in [9.17, 15) is 0 Å². The van der Waals surface area contributed by atoms with E-state index < -0.39 is 0 Å². The Balaban J connectivity index is 0.000000209.